The molecule has 17 heavy (non-hydrogen) atoms. The highest BCUT2D eigenvalue weighted by atomic mass is 16.5. The third kappa shape index (κ3) is 2.83. The number of methoxy groups -OCH3 is 1. The van der Waals surface area contributed by atoms with Gasteiger partial charge >= 0.3 is 0 Å². The van der Waals surface area contributed by atoms with Gasteiger partial charge in [0.25, 0.3) is 5.91 Å². The maximum atomic E-state index is 11.9. The molecule has 2 N–H and O–H groups in total. The van der Waals surface area contributed by atoms with Gasteiger partial charge in [-0.3, -0.25) is 9.89 Å². The van der Waals surface area contributed by atoms with Crippen LogP contribution in [0.1, 0.15) is 28.2 Å². The molecule has 1 aromatic heterocycles. The van der Waals surface area contributed by atoms with Gasteiger partial charge in [0.2, 0.25) is 0 Å². The number of H-pyrrole nitrogens is 1. The lowest BCUT2D eigenvalue weighted by molar-refractivity contribution is 0.0920. The fourth-order valence-electron chi connectivity index (χ4n) is 1.80. The van der Waals surface area contributed by atoms with Gasteiger partial charge in [0, 0.05) is 37.9 Å². The SMILES string of the molecule is COCCCNC(=O)c1n[nH]c2c1COCC2. The molecule has 0 saturated carbocycles. The minimum Gasteiger partial charge on any atom is -0.385 e. The molecule has 0 saturated heterocycles. The second kappa shape index (κ2) is 5.79. The molecule has 1 aliphatic rings. The van der Waals surface area contributed by atoms with Crippen molar-refractivity contribution in [1.82, 2.24) is 15.5 Å². The second-order valence-electron chi connectivity index (χ2n) is 3.93. The number of fused-ring (bicyclic) bond motifs is 1. The van der Waals surface area contributed by atoms with Crippen molar-refractivity contribution >= 4 is 5.91 Å². The molecule has 0 aromatic carbocycles. The van der Waals surface area contributed by atoms with Crippen LogP contribution in [0.3, 0.4) is 0 Å². The van der Waals surface area contributed by atoms with Crippen LogP contribution in [0.5, 0.6) is 0 Å². The van der Waals surface area contributed by atoms with Gasteiger partial charge in [-0.2, -0.15) is 5.10 Å². The molecular formula is C11H17N3O3. The van der Waals surface area contributed by atoms with E-state index in [1.165, 1.54) is 0 Å². The summed E-state index contributed by atoms with van der Waals surface area (Å²) in [5, 5.41) is 9.75. The number of amides is 1. The van der Waals surface area contributed by atoms with Gasteiger partial charge in [0.1, 0.15) is 0 Å². The lowest BCUT2D eigenvalue weighted by Gasteiger charge is -2.12. The lowest BCUT2D eigenvalue weighted by atomic mass is 10.1. The first-order chi connectivity index (χ1) is 8.33. The normalized spacial score (nSPS) is 14.4. The van der Waals surface area contributed by atoms with Gasteiger partial charge < -0.3 is 14.8 Å². The Hall–Kier alpha value is -1.40. The van der Waals surface area contributed by atoms with E-state index in [0.717, 1.165) is 24.1 Å². The van der Waals surface area contributed by atoms with Crippen molar-refractivity contribution in [3.8, 4) is 0 Å². The Bertz CT molecular complexity index is 389. The smallest absolute Gasteiger partial charge is 0.272 e. The molecule has 0 spiro atoms. The monoisotopic (exact) mass is 239 g/mol. The third-order valence-corrected chi connectivity index (χ3v) is 2.72. The molecule has 6 nitrogen and oxygen atoms in total. The zero-order valence-corrected chi connectivity index (χ0v) is 9.91. The number of rotatable bonds is 5. The van der Waals surface area contributed by atoms with Gasteiger partial charge in [-0.15, -0.1) is 0 Å². The van der Waals surface area contributed by atoms with Crippen molar-refractivity contribution in [1.29, 1.82) is 0 Å². The number of aromatic nitrogens is 2. The quantitative estimate of drug-likeness (QED) is 0.722. The number of carbonyl (C=O) groups is 1. The zero-order chi connectivity index (χ0) is 12.1. The Morgan fingerprint density at radius 3 is 3.35 bits per heavy atom. The van der Waals surface area contributed by atoms with Crippen molar-refractivity contribution in [2.45, 2.75) is 19.4 Å². The van der Waals surface area contributed by atoms with Crippen LogP contribution in [0, 0.1) is 0 Å². The van der Waals surface area contributed by atoms with Gasteiger partial charge in [-0.1, -0.05) is 0 Å². The number of aromatic amines is 1. The van der Waals surface area contributed by atoms with Crippen LogP contribution >= 0.6 is 0 Å². The maximum absolute atomic E-state index is 11.9. The van der Waals surface area contributed by atoms with Crippen LogP contribution in [0.2, 0.25) is 0 Å². The lowest BCUT2D eigenvalue weighted by Crippen LogP contribution is -2.27. The molecule has 2 heterocycles. The van der Waals surface area contributed by atoms with E-state index < -0.39 is 0 Å². The fourth-order valence-corrected chi connectivity index (χ4v) is 1.80. The van der Waals surface area contributed by atoms with Crippen molar-refractivity contribution in [2.24, 2.45) is 0 Å². The molecule has 0 radical (unpaired) electrons. The number of hydrogen-bond acceptors (Lipinski definition) is 4. The number of carbonyl (C=O) groups excluding carboxylic acids is 1. The molecule has 6 heteroatoms. The summed E-state index contributed by atoms with van der Waals surface area (Å²) in [5.74, 6) is -0.149. The second-order valence-corrected chi connectivity index (χ2v) is 3.93. The fraction of sp³-hybridized carbons (Fsp3) is 0.636. The van der Waals surface area contributed by atoms with Crippen molar-refractivity contribution in [3.63, 3.8) is 0 Å². The largest absolute Gasteiger partial charge is 0.385 e. The Kier molecular flexibility index (Phi) is 4.11. The summed E-state index contributed by atoms with van der Waals surface area (Å²) in [7, 11) is 1.64. The average Bonchev–Trinajstić information content (AvgIpc) is 2.78. The maximum Gasteiger partial charge on any atom is 0.272 e. The minimum atomic E-state index is -0.149. The summed E-state index contributed by atoms with van der Waals surface area (Å²) in [6, 6.07) is 0. The molecule has 1 amide bonds. The average molecular weight is 239 g/mol. The van der Waals surface area contributed by atoms with Gasteiger partial charge in [-0.25, -0.2) is 0 Å². The number of hydrogen-bond donors (Lipinski definition) is 2. The van der Waals surface area contributed by atoms with E-state index in [-0.39, 0.29) is 5.91 Å². The Morgan fingerprint density at radius 2 is 2.53 bits per heavy atom. The molecule has 1 aromatic rings. The van der Waals surface area contributed by atoms with Crippen LogP contribution < -0.4 is 5.32 Å². The Morgan fingerprint density at radius 1 is 1.65 bits per heavy atom. The van der Waals surface area contributed by atoms with Crippen LogP contribution in [0.25, 0.3) is 0 Å². The van der Waals surface area contributed by atoms with E-state index in [0.29, 0.717) is 32.1 Å². The standard InChI is InChI=1S/C11H17N3O3/c1-16-5-2-4-12-11(15)10-8-7-17-6-3-9(8)13-14-10/h2-7H2,1H3,(H,12,15)(H,13,14). The predicted molar refractivity (Wildman–Crippen MR) is 60.8 cm³/mol. The summed E-state index contributed by atoms with van der Waals surface area (Å²) in [6.45, 7) is 2.38. The van der Waals surface area contributed by atoms with E-state index in [9.17, 15) is 4.79 Å². The number of ether oxygens (including phenoxy) is 2. The highest BCUT2D eigenvalue weighted by molar-refractivity contribution is 5.93. The van der Waals surface area contributed by atoms with Crippen molar-refractivity contribution in [2.75, 3.05) is 26.9 Å². The first kappa shape index (κ1) is 12.1. The molecule has 0 atom stereocenters. The summed E-state index contributed by atoms with van der Waals surface area (Å²) in [4.78, 5) is 11.9. The van der Waals surface area contributed by atoms with Crippen molar-refractivity contribution in [3.05, 3.63) is 17.0 Å². The predicted octanol–water partition coefficient (Wildman–Crippen LogP) is 0.249. The minimum absolute atomic E-state index is 0.149. The molecule has 94 valence electrons. The van der Waals surface area contributed by atoms with E-state index in [2.05, 4.69) is 15.5 Å². The Balaban J connectivity index is 1.92. The van der Waals surface area contributed by atoms with Crippen LogP contribution in [0.15, 0.2) is 0 Å². The van der Waals surface area contributed by atoms with E-state index in [1.54, 1.807) is 7.11 Å². The van der Waals surface area contributed by atoms with E-state index in [4.69, 9.17) is 9.47 Å². The van der Waals surface area contributed by atoms with Crippen LogP contribution in [-0.2, 0) is 22.5 Å². The molecule has 0 fully saturated rings. The molecule has 0 bridgehead atoms. The topological polar surface area (TPSA) is 76.2 Å². The van der Waals surface area contributed by atoms with Crippen molar-refractivity contribution < 1.29 is 14.3 Å². The van der Waals surface area contributed by atoms with Crippen LogP contribution in [-0.4, -0.2) is 43.0 Å². The highest BCUT2D eigenvalue weighted by Crippen LogP contribution is 2.17. The van der Waals surface area contributed by atoms with Gasteiger partial charge in [0.15, 0.2) is 5.69 Å². The van der Waals surface area contributed by atoms with E-state index in [1.807, 2.05) is 0 Å². The molecular weight excluding hydrogens is 222 g/mol. The van der Waals surface area contributed by atoms with Gasteiger partial charge in [-0.05, 0) is 6.42 Å². The molecule has 0 aliphatic carbocycles. The summed E-state index contributed by atoms with van der Waals surface area (Å²) < 4.78 is 10.2. The first-order valence-electron chi connectivity index (χ1n) is 5.74. The third-order valence-electron chi connectivity index (χ3n) is 2.72. The van der Waals surface area contributed by atoms with Gasteiger partial charge in [0.05, 0.1) is 13.2 Å². The Labute approximate surface area is 99.7 Å². The highest BCUT2D eigenvalue weighted by Gasteiger charge is 2.21. The summed E-state index contributed by atoms with van der Waals surface area (Å²) in [5.41, 5.74) is 2.36. The zero-order valence-electron chi connectivity index (χ0n) is 9.91. The molecule has 0 unspecified atom stereocenters. The van der Waals surface area contributed by atoms with E-state index >= 15 is 0 Å². The first-order valence-corrected chi connectivity index (χ1v) is 5.74. The molecule has 2 rings (SSSR count). The number of nitrogens with one attached hydrogen (secondary N) is 2. The summed E-state index contributed by atoms with van der Waals surface area (Å²) >= 11 is 0. The number of nitrogens with zero attached hydrogens (tertiary/aromatic N) is 1. The molecule has 1 aliphatic heterocycles. The van der Waals surface area contributed by atoms with Crippen LogP contribution in [0.4, 0.5) is 0 Å². The summed E-state index contributed by atoms with van der Waals surface area (Å²) in [6.07, 6.45) is 1.59.